The second kappa shape index (κ2) is 4.48. The number of aryl methyl sites for hydroxylation is 2. The van der Waals surface area contributed by atoms with E-state index in [2.05, 4.69) is 5.10 Å². The molecule has 1 aromatic heterocycles. The molecule has 94 valence electrons. The van der Waals surface area contributed by atoms with E-state index in [0.29, 0.717) is 36.1 Å². The third-order valence-electron chi connectivity index (χ3n) is 2.88. The highest BCUT2D eigenvalue weighted by Gasteiger charge is 2.26. The van der Waals surface area contributed by atoms with Crippen LogP contribution in [0.25, 0.3) is 0 Å². The first-order chi connectivity index (χ1) is 8.00. The summed E-state index contributed by atoms with van der Waals surface area (Å²) >= 11 is 0. The molecule has 7 heteroatoms. The molecule has 0 unspecified atom stereocenters. The van der Waals surface area contributed by atoms with Gasteiger partial charge < -0.3 is 10.0 Å². The van der Waals surface area contributed by atoms with Gasteiger partial charge in [-0.2, -0.15) is 5.10 Å². The van der Waals surface area contributed by atoms with Gasteiger partial charge >= 0.3 is 5.97 Å². The summed E-state index contributed by atoms with van der Waals surface area (Å²) in [5.41, 5.74) is 0.766. The molecule has 1 fully saturated rings. The second-order valence-corrected chi connectivity index (χ2v) is 5.74. The largest absolute Gasteiger partial charge is 0.477 e. The molecule has 0 aromatic carbocycles. The van der Waals surface area contributed by atoms with Crippen LogP contribution in [0.2, 0.25) is 0 Å². The van der Waals surface area contributed by atoms with Crippen molar-refractivity contribution >= 4 is 22.6 Å². The Balaban J connectivity index is 2.37. The van der Waals surface area contributed by atoms with Gasteiger partial charge in [0, 0.05) is 42.4 Å². The molecule has 1 aromatic rings. The molecule has 0 atom stereocenters. The maximum absolute atomic E-state index is 11.3. The molecule has 1 aliphatic rings. The highest BCUT2D eigenvalue weighted by Crippen LogP contribution is 2.24. The number of anilines is 1. The van der Waals surface area contributed by atoms with Gasteiger partial charge in [0.1, 0.15) is 11.4 Å². The minimum absolute atomic E-state index is 0.250. The summed E-state index contributed by atoms with van der Waals surface area (Å²) in [6.45, 7) is 2.92. The van der Waals surface area contributed by atoms with E-state index in [4.69, 9.17) is 0 Å². The Labute approximate surface area is 102 Å². The van der Waals surface area contributed by atoms with Crippen LogP contribution in [0.3, 0.4) is 0 Å². The predicted molar refractivity (Wildman–Crippen MR) is 65.0 cm³/mol. The van der Waals surface area contributed by atoms with Crippen LogP contribution in [0.15, 0.2) is 0 Å². The van der Waals surface area contributed by atoms with Gasteiger partial charge in [-0.25, -0.2) is 4.79 Å². The van der Waals surface area contributed by atoms with Crippen molar-refractivity contribution in [1.82, 2.24) is 9.78 Å². The van der Waals surface area contributed by atoms with Crippen LogP contribution < -0.4 is 4.90 Å². The maximum Gasteiger partial charge on any atom is 0.341 e. The Bertz CT molecular complexity index is 473. The number of aromatic carboxylic acids is 1. The van der Waals surface area contributed by atoms with Crippen molar-refractivity contribution in [2.75, 3.05) is 29.5 Å². The molecular weight excluding hydrogens is 242 g/mol. The second-order valence-electron chi connectivity index (χ2n) is 4.05. The highest BCUT2D eigenvalue weighted by atomic mass is 32.2. The fourth-order valence-electron chi connectivity index (χ4n) is 2.11. The number of aromatic nitrogens is 2. The van der Waals surface area contributed by atoms with Gasteiger partial charge in [0.25, 0.3) is 0 Å². The van der Waals surface area contributed by atoms with Gasteiger partial charge in [-0.1, -0.05) is 0 Å². The topological polar surface area (TPSA) is 75.4 Å². The number of rotatable bonds is 2. The lowest BCUT2D eigenvalue weighted by Crippen LogP contribution is -2.39. The molecule has 0 bridgehead atoms. The molecular formula is C10H15N3O3S. The number of carboxylic acid groups (broad SMARTS) is 1. The molecule has 0 radical (unpaired) electrons. The average Bonchev–Trinajstić information content (AvgIpc) is 2.55. The van der Waals surface area contributed by atoms with Gasteiger partial charge in [-0.15, -0.1) is 0 Å². The zero-order valence-corrected chi connectivity index (χ0v) is 10.7. The lowest BCUT2D eigenvalue weighted by Gasteiger charge is -2.28. The molecule has 0 amide bonds. The number of hydrogen-bond acceptors (Lipinski definition) is 4. The zero-order chi connectivity index (χ0) is 12.6. The molecule has 1 saturated heterocycles. The molecule has 1 N–H and O–H groups in total. The van der Waals surface area contributed by atoms with Crippen LogP contribution in [0.4, 0.5) is 5.82 Å². The molecule has 2 rings (SSSR count). The number of hydrogen-bond donors (Lipinski definition) is 1. The molecule has 2 heterocycles. The van der Waals surface area contributed by atoms with Crippen LogP contribution in [0.1, 0.15) is 16.1 Å². The summed E-state index contributed by atoms with van der Waals surface area (Å²) < 4.78 is 12.9. The summed E-state index contributed by atoms with van der Waals surface area (Å²) in [4.78, 5) is 13.2. The quantitative estimate of drug-likeness (QED) is 0.807. The normalized spacial score (nSPS) is 17.4. The zero-order valence-electron chi connectivity index (χ0n) is 9.84. The van der Waals surface area contributed by atoms with Gasteiger partial charge in [-0.3, -0.25) is 8.89 Å². The minimum atomic E-state index is -0.961. The van der Waals surface area contributed by atoms with Crippen LogP contribution in [-0.4, -0.2) is 49.7 Å². The van der Waals surface area contributed by atoms with Gasteiger partial charge in [0.2, 0.25) is 0 Å². The van der Waals surface area contributed by atoms with E-state index in [9.17, 15) is 14.1 Å². The van der Waals surface area contributed by atoms with E-state index in [1.807, 2.05) is 4.90 Å². The molecule has 0 saturated carbocycles. The first-order valence-corrected chi connectivity index (χ1v) is 6.86. The van der Waals surface area contributed by atoms with E-state index in [1.54, 1.807) is 18.7 Å². The molecule has 0 aliphatic carbocycles. The van der Waals surface area contributed by atoms with Crippen LogP contribution >= 0.6 is 0 Å². The number of nitrogens with zero attached hydrogens (tertiary/aromatic N) is 3. The van der Waals surface area contributed by atoms with E-state index < -0.39 is 16.8 Å². The third-order valence-corrected chi connectivity index (χ3v) is 4.16. The van der Waals surface area contributed by atoms with Crippen LogP contribution in [0.5, 0.6) is 0 Å². The molecule has 6 nitrogen and oxygen atoms in total. The standard InChI is InChI=1S/C10H15N3O3S/c1-7-8(10(14)15)9(12(2)11-7)13-3-5-17(16)6-4-13/h3-6H2,1-2H3,(H,14,15). The Hall–Kier alpha value is -1.37. The Morgan fingerprint density at radius 3 is 2.53 bits per heavy atom. The van der Waals surface area contributed by atoms with Crippen molar-refractivity contribution < 1.29 is 14.1 Å². The molecule has 17 heavy (non-hydrogen) atoms. The Morgan fingerprint density at radius 2 is 2.00 bits per heavy atom. The number of carboxylic acids is 1. The molecule has 1 aliphatic heterocycles. The predicted octanol–water partition coefficient (Wildman–Crippen LogP) is -0.00458. The third kappa shape index (κ3) is 2.19. The van der Waals surface area contributed by atoms with E-state index in [-0.39, 0.29) is 5.56 Å². The first-order valence-electron chi connectivity index (χ1n) is 5.37. The monoisotopic (exact) mass is 257 g/mol. The molecule has 0 spiro atoms. The van der Waals surface area contributed by atoms with E-state index >= 15 is 0 Å². The summed E-state index contributed by atoms with van der Waals surface area (Å²) in [5, 5.41) is 13.3. The summed E-state index contributed by atoms with van der Waals surface area (Å²) in [5.74, 6) is 0.830. The van der Waals surface area contributed by atoms with Crippen molar-refractivity contribution in [3.63, 3.8) is 0 Å². The van der Waals surface area contributed by atoms with Crippen LogP contribution in [-0.2, 0) is 17.8 Å². The van der Waals surface area contributed by atoms with Gasteiger partial charge in [0.15, 0.2) is 0 Å². The summed E-state index contributed by atoms with van der Waals surface area (Å²) in [6.07, 6.45) is 0. The maximum atomic E-state index is 11.3. The van der Waals surface area contributed by atoms with E-state index in [1.165, 1.54) is 0 Å². The fraction of sp³-hybridized carbons (Fsp3) is 0.600. The van der Waals surface area contributed by atoms with Crippen LogP contribution in [0, 0.1) is 6.92 Å². The SMILES string of the molecule is Cc1nn(C)c(N2CCS(=O)CC2)c1C(=O)O. The smallest absolute Gasteiger partial charge is 0.341 e. The Morgan fingerprint density at radius 1 is 1.41 bits per heavy atom. The van der Waals surface area contributed by atoms with Crippen molar-refractivity contribution in [3.05, 3.63) is 11.3 Å². The minimum Gasteiger partial charge on any atom is -0.477 e. The highest BCUT2D eigenvalue weighted by molar-refractivity contribution is 7.85. The van der Waals surface area contributed by atoms with Crippen molar-refractivity contribution in [3.8, 4) is 0 Å². The summed E-state index contributed by atoms with van der Waals surface area (Å²) in [7, 11) is 0.966. The van der Waals surface area contributed by atoms with Gasteiger partial charge in [-0.05, 0) is 6.92 Å². The van der Waals surface area contributed by atoms with Crippen molar-refractivity contribution in [2.24, 2.45) is 7.05 Å². The van der Waals surface area contributed by atoms with Crippen molar-refractivity contribution in [1.29, 1.82) is 0 Å². The summed E-state index contributed by atoms with van der Waals surface area (Å²) in [6, 6.07) is 0. The first kappa shape index (κ1) is 12.1. The van der Waals surface area contributed by atoms with E-state index in [0.717, 1.165) is 0 Å². The number of carbonyl (C=O) groups is 1. The average molecular weight is 257 g/mol. The lowest BCUT2D eigenvalue weighted by molar-refractivity contribution is 0.0696. The Kier molecular flexibility index (Phi) is 3.19. The van der Waals surface area contributed by atoms with Gasteiger partial charge in [0.05, 0.1) is 5.69 Å². The lowest BCUT2D eigenvalue weighted by atomic mass is 10.2. The fourth-order valence-corrected chi connectivity index (χ4v) is 3.16. The van der Waals surface area contributed by atoms with Crippen molar-refractivity contribution in [2.45, 2.75) is 6.92 Å².